The highest BCUT2D eigenvalue weighted by atomic mass is 35.5. The number of carbonyl (C=O) groups excluding carboxylic acids is 2. The second kappa shape index (κ2) is 9.44. The van der Waals surface area contributed by atoms with Crippen LogP contribution in [-0.2, 0) is 9.59 Å². The Balaban J connectivity index is 1.84. The van der Waals surface area contributed by atoms with Gasteiger partial charge in [0, 0.05) is 16.3 Å². The van der Waals surface area contributed by atoms with E-state index in [1.807, 2.05) is 31.2 Å². The van der Waals surface area contributed by atoms with Gasteiger partial charge in [-0.05, 0) is 43.3 Å². The number of amides is 2. The lowest BCUT2D eigenvalue weighted by Crippen LogP contribution is -2.24. The third-order valence-corrected chi connectivity index (χ3v) is 3.31. The molecule has 0 bridgehead atoms. The average molecular weight is 360 g/mol. The quantitative estimate of drug-likeness (QED) is 0.452. The molecule has 0 aromatic heterocycles. The van der Waals surface area contributed by atoms with E-state index in [0.29, 0.717) is 23.1 Å². The first-order chi connectivity index (χ1) is 12.1. The number of nitrogens with one attached hydrogen (secondary N) is 2. The van der Waals surface area contributed by atoms with Crippen LogP contribution in [0.15, 0.2) is 53.6 Å². The molecular weight excluding hydrogens is 342 g/mol. The minimum absolute atomic E-state index is 0.340. The number of carbonyl (C=O) groups is 2. The van der Waals surface area contributed by atoms with Crippen molar-refractivity contribution in [3.63, 3.8) is 0 Å². The summed E-state index contributed by atoms with van der Waals surface area (Å²) in [5.41, 5.74) is 3.62. The SMILES string of the molecule is CCOc1ccccc1C=NNC(=O)CC(=O)Nc1ccc(Cl)cc1. The highest BCUT2D eigenvalue weighted by Crippen LogP contribution is 2.15. The monoisotopic (exact) mass is 359 g/mol. The first-order valence-corrected chi connectivity index (χ1v) is 8.05. The molecule has 0 heterocycles. The van der Waals surface area contributed by atoms with Gasteiger partial charge in [-0.3, -0.25) is 9.59 Å². The van der Waals surface area contributed by atoms with Crippen LogP contribution in [0.3, 0.4) is 0 Å². The molecule has 7 heteroatoms. The fraction of sp³-hybridized carbons (Fsp3) is 0.167. The van der Waals surface area contributed by atoms with Gasteiger partial charge in [-0.2, -0.15) is 5.10 Å². The Bertz CT molecular complexity index is 760. The van der Waals surface area contributed by atoms with Crippen molar-refractivity contribution in [3.05, 3.63) is 59.1 Å². The molecular formula is C18H18ClN3O3. The Labute approximate surface area is 150 Å². The van der Waals surface area contributed by atoms with E-state index in [-0.39, 0.29) is 6.42 Å². The number of rotatable bonds is 7. The van der Waals surface area contributed by atoms with Gasteiger partial charge >= 0.3 is 0 Å². The van der Waals surface area contributed by atoms with Gasteiger partial charge < -0.3 is 10.1 Å². The highest BCUT2D eigenvalue weighted by Gasteiger charge is 2.09. The maximum Gasteiger partial charge on any atom is 0.249 e. The third kappa shape index (κ3) is 6.27. The summed E-state index contributed by atoms with van der Waals surface area (Å²) in [6, 6.07) is 13.9. The van der Waals surface area contributed by atoms with Crippen molar-refractivity contribution in [2.45, 2.75) is 13.3 Å². The van der Waals surface area contributed by atoms with E-state index in [2.05, 4.69) is 15.8 Å². The number of hydrogen-bond donors (Lipinski definition) is 2. The number of anilines is 1. The summed E-state index contributed by atoms with van der Waals surface area (Å²) in [5.74, 6) is -0.287. The van der Waals surface area contributed by atoms with Crippen LogP contribution in [0.25, 0.3) is 0 Å². The van der Waals surface area contributed by atoms with Crippen LogP contribution in [0.5, 0.6) is 5.75 Å². The Morgan fingerprint density at radius 3 is 2.56 bits per heavy atom. The molecule has 0 aliphatic rings. The van der Waals surface area contributed by atoms with Crippen molar-refractivity contribution in [1.82, 2.24) is 5.43 Å². The van der Waals surface area contributed by atoms with E-state index in [1.54, 1.807) is 24.3 Å². The van der Waals surface area contributed by atoms with Crippen LogP contribution in [0, 0.1) is 0 Å². The minimum atomic E-state index is -0.517. The maximum atomic E-state index is 11.8. The number of hydrogen-bond acceptors (Lipinski definition) is 4. The molecule has 2 amide bonds. The molecule has 0 saturated heterocycles. The first kappa shape index (κ1) is 18.5. The molecule has 0 aliphatic carbocycles. The van der Waals surface area contributed by atoms with Crippen molar-refractivity contribution >= 4 is 35.3 Å². The normalized spacial score (nSPS) is 10.5. The van der Waals surface area contributed by atoms with Gasteiger partial charge in [0.15, 0.2) is 0 Å². The zero-order valence-corrected chi connectivity index (χ0v) is 14.4. The summed E-state index contributed by atoms with van der Waals surface area (Å²) in [5, 5.41) is 7.02. The van der Waals surface area contributed by atoms with Gasteiger partial charge in [0.1, 0.15) is 12.2 Å². The molecule has 0 radical (unpaired) electrons. The molecule has 0 aliphatic heterocycles. The van der Waals surface area contributed by atoms with Crippen molar-refractivity contribution in [2.24, 2.45) is 5.10 Å². The number of nitrogens with zero attached hydrogens (tertiary/aromatic N) is 1. The molecule has 0 spiro atoms. The number of benzene rings is 2. The summed E-state index contributed by atoms with van der Waals surface area (Å²) in [4.78, 5) is 23.6. The Kier molecular flexibility index (Phi) is 6.98. The molecule has 0 unspecified atom stereocenters. The van der Waals surface area contributed by atoms with E-state index in [0.717, 1.165) is 5.56 Å². The van der Waals surface area contributed by atoms with Crippen LogP contribution in [0.1, 0.15) is 18.9 Å². The van der Waals surface area contributed by atoms with Crippen LogP contribution in [0.2, 0.25) is 5.02 Å². The Morgan fingerprint density at radius 1 is 1.12 bits per heavy atom. The molecule has 25 heavy (non-hydrogen) atoms. The maximum absolute atomic E-state index is 11.8. The molecule has 6 nitrogen and oxygen atoms in total. The van der Waals surface area contributed by atoms with Crippen molar-refractivity contribution in [2.75, 3.05) is 11.9 Å². The Hall–Kier alpha value is -2.86. The molecule has 130 valence electrons. The van der Waals surface area contributed by atoms with Gasteiger partial charge in [-0.1, -0.05) is 23.7 Å². The van der Waals surface area contributed by atoms with Crippen LogP contribution in [-0.4, -0.2) is 24.6 Å². The predicted octanol–water partition coefficient (Wildman–Crippen LogP) is 3.22. The lowest BCUT2D eigenvalue weighted by molar-refractivity contribution is -0.126. The summed E-state index contributed by atoms with van der Waals surface area (Å²) in [6.07, 6.45) is 1.13. The first-order valence-electron chi connectivity index (χ1n) is 7.67. The molecule has 0 saturated carbocycles. The van der Waals surface area contributed by atoms with Crippen molar-refractivity contribution in [1.29, 1.82) is 0 Å². The summed E-state index contributed by atoms with van der Waals surface area (Å²) in [7, 11) is 0. The smallest absolute Gasteiger partial charge is 0.249 e. The van der Waals surface area contributed by atoms with Crippen LogP contribution >= 0.6 is 11.6 Å². The molecule has 0 atom stereocenters. The predicted molar refractivity (Wildman–Crippen MR) is 98.0 cm³/mol. The second-order valence-electron chi connectivity index (χ2n) is 5.00. The van der Waals surface area contributed by atoms with Crippen molar-refractivity contribution < 1.29 is 14.3 Å². The summed E-state index contributed by atoms with van der Waals surface area (Å²) in [6.45, 7) is 2.41. The molecule has 2 aromatic rings. The van der Waals surface area contributed by atoms with E-state index >= 15 is 0 Å². The van der Waals surface area contributed by atoms with Gasteiger partial charge in [-0.15, -0.1) is 0 Å². The number of hydrazone groups is 1. The van der Waals surface area contributed by atoms with Gasteiger partial charge in [0.2, 0.25) is 11.8 Å². The lowest BCUT2D eigenvalue weighted by Gasteiger charge is -2.06. The fourth-order valence-corrected chi connectivity index (χ4v) is 2.10. The van der Waals surface area contributed by atoms with Crippen molar-refractivity contribution in [3.8, 4) is 5.75 Å². The molecule has 2 aromatic carbocycles. The second-order valence-corrected chi connectivity index (χ2v) is 5.43. The number of para-hydroxylation sites is 1. The minimum Gasteiger partial charge on any atom is -0.493 e. The van der Waals surface area contributed by atoms with Crippen LogP contribution < -0.4 is 15.5 Å². The molecule has 2 rings (SSSR count). The third-order valence-electron chi connectivity index (χ3n) is 3.06. The van der Waals surface area contributed by atoms with Gasteiger partial charge in [0.05, 0.1) is 12.8 Å². The number of halogens is 1. The van der Waals surface area contributed by atoms with E-state index in [9.17, 15) is 9.59 Å². The van der Waals surface area contributed by atoms with E-state index in [1.165, 1.54) is 6.21 Å². The van der Waals surface area contributed by atoms with E-state index < -0.39 is 11.8 Å². The number of ether oxygens (including phenoxy) is 1. The molecule has 2 N–H and O–H groups in total. The zero-order valence-electron chi connectivity index (χ0n) is 13.7. The van der Waals surface area contributed by atoms with Crippen LogP contribution in [0.4, 0.5) is 5.69 Å². The van der Waals surface area contributed by atoms with Gasteiger partial charge in [-0.25, -0.2) is 5.43 Å². The largest absolute Gasteiger partial charge is 0.493 e. The lowest BCUT2D eigenvalue weighted by atomic mass is 10.2. The summed E-state index contributed by atoms with van der Waals surface area (Å²) < 4.78 is 5.46. The molecule has 0 fully saturated rings. The zero-order chi connectivity index (χ0) is 18.1. The average Bonchev–Trinajstić information content (AvgIpc) is 2.58. The highest BCUT2D eigenvalue weighted by molar-refractivity contribution is 6.30. The summed E-state index contributed by atoms with van der Waals surface area (Å²) >= 11 is 5.77. The Morgan fingerprint density at radius 2 is 1.84 bits per heavy atom. The van der Waals surface area contributed by atoms with Gasteiger partial charge in [0.25, 0.3) is 0 Å². The topological polar surface area (TPSA) is 79.8 Å². The standard InChI is InChI=1S/C18H18ClN3O3/c1-2-25-16-6-4-3-5-13(16)12-20-22-18(24)11-17(23)21-15-9-7-14(19)8-10-15/h3-10,12H,2,11H2,1H3,(H,21,23)(H,22,24). The fourth-order valence-electron chi connectivity index (χ4n) is 1.97. The van der Waals surface area contributed by atoms with E-state index in [4.69, 9.17) is 16.3 Å².